The lowest BCUT2D eigenvalue weighted by atomic mass is 10.1. The lowest BCUT2D eigenvalue weighted by molar-refractivity contribution is 0.863. The molecule has 1 aromatic rings. The van der Waals surface area contributed by atoms with Gasteiger partial charge in [0, 0.05) is 9.75 Å². The van der Waals surface area contributed by atoms with Gasteiger partial charge < -0.3 is 0 Å². The molecule has 0 nitrogen and oxygen atoms in total. The zero-order valence-corrected chi connectivity index (χ0v) is 13.5. The van der Waals surface area contributed by atoms with E-state index >= 15 is 0 Å². The van der Waals surface area contributed by atoms with Crippen LogP contribution in [-0.4, -0.2) is 0 Å². The predicted octanol–water partition coefficient (Wildman–Crippen LogP) is 6.58. The van der Waals surface area contributed by atoms with Crippen LogP contribution in [-0.2, 0) is 6.42 Å². The summed E-state index contributed by atoms with van der Waals surface area (Å²) in [4.78, 5) is 3.02. The van der Waals surface area contributed by atoms with E-state index in [0.717, 1.165) is 6.42 Å². The van der Waals surface area contributed by atoms with Crippen molar-refractivity contribution >= 4 is 29.6 Å². The minimum Gasteiger partial charge on any atom is -0.140 e. The van der Waals surface area contributed by atoms with E-state index in [1.54, 1.807) is 4.88 Å². The topological polar surface area (TPSA) is 0 Å². The molecule has 0 unspecified atom stereocenters. The van der Waals surface area contributed by atoms with Crippen LogP contribution in [0, 0.1) is 0 Å². The van der Waals surface area contributed by atoms with Crippen molar-refractivity contribution in [1.82, 2.24) is 0 Å². The molecule has 1 heterocycles. The lowest BCUT2D eigenvalue weighted by Gasteiger charge is -1.95. The van der Waals surface area contributed by atoms with Gasteiger partial charge in [0.2, 0.25) is 0 Å². The third-order valence-corrected chi connectivity index (χ3v) is 4.22. The summed E-state index contributed by atoms with van der Waals surface area (Å²) in [5, 5.41) is 0. The Hall–Kier alpha value is -1.08. The van der Waals surface area contributed by atoms with Crippen molar-refractivity contribution in [2.75, 3.05) is 0 Å². The molecule has 0 saturated carbocycles. The standard InChI is InChI=1S/C14H14S.2C2H6/c1-3-7-11-12-8-4-2-6-10-14(12)15-13(11)9-5-1;2*1-2/h3-5,7-9H,1-2,6,10H2;2*1-2H3. The van der Waals surface area contributed by atoms with Crippen LogP contribution in [0.5, 0.6) is 0 Å². The Morgan fingerprint density at radius 1 is 0.842 bits per heavy atom. The number of thiophene rings is 1. The van der Waals surface area contributed by atoms with E-state index in [4.69, 9.17) is 0 Å². The van der Waals surface area contributed by atoms with Crippen LogP contribution in [0.3, 0.4) is 0 Å². The zero-order valence-electron chi connectivity index (χ0n) is 12.7. The van der Waals surface area contributed by atoms with E-state index in [1.165, 1.54) is 35.3 Å². The largest absolute Gasteiger partial charge is 0.140 e. The quantitative estimate of drug-likeness (QED) is 0.501. The molecule has 0 bridgehead atoms. The fourth-order valence-corrected chi connectivity index (χ4v) is 3.46. The molecule has 0 radical (unpaired) electrons. The van der Waals surface area contributed by atoms with Crippen LogP contribution in [0.25, 0.3) is 18.2 Å². The Balaban J connectivity index is 0.000000415. The fourth-order valence-electron chi connectivity index (χ4n) is 2.21. The van der Waals surface area contributed by atoms with Gasteiger partial charge in [0.25, 0.3) is 0 Å². The molecule has 1 aromatic heterocycles. The molecular formula is C18H26S. The van der Waals surface area contributed by atoms with Gasteiger partial charge in [0.05, 0.1) is 0 Å². The number of fused-ring (bicyclic) bond motifs is 3. The summed E-state index contributed by atoms with van der Waals surface area (Å²) < 4.78 is 0. The number of rotatable bonds is 0. The normalized spacial score (nSPS) is 14.9. The van der Waals surface area contributed by atoms with Crippen LogP contribution >= 0.6 is 11.3 Å². The molecular weight excluding hydrogens is 248 g/mol. The summed E-state index contributed by atoms with van der Waals surface area (Å²) in [7, 11) is 0. The molecule has 2 aliphatic rings. The van der Waals surface area contributed by atoms with Gasteiger partial charge >= 0.3 is 0 Å². The van der Waals surface area contributed by atoms with Crippen molar-refractivity contribution in [3.8, 4) is 0 Å². The maximum atomic E-state index is 2.32. The van der Waals surface area contributed by atoms with E-state index in [1.807, 2.05) is 39.0 Å². The van der Waals surface area contributed by atoms with Crippen LogP contribution in [0.2, 0.25) is 0 Å². The molecule has 0 amide bonds. The molecule has 1 heteroatoms. The van der Waals surface area contributed by atoms with E-state index in [2.05, 4.69) is 36.5 Å². The average Bonchev–Trinajstić information content (AvgIpc) is 2.70. The average molecular weight is 274 g/mol. The molecule has 0 saturated heterocycles. The Labute approximate surface area is 122 Å². The minimum atomic E-state index is 1.07. The molecule has 2 aliphatic carbocycles. The summed E-state index contributed by atoms with van der Waals surface area (Å²) >= 11 is 1.98. The zero-order chi connectivity index (χ0) is 14.1. The highest BCUT2D eigenvalue weighted by Gasteiger charge is 2.14. The van der Waals surface area contributed by atoms with Crippen LogP contribution < -0.4 is 0 Å². The first-order valence-corrected chi connectivity index (χ1v) is 8.42. The lowest BCUT2D eigenvalue weighted by Crippen LogP contribution is -1.81. The summed E-state index contributed by atoms with van der Waals surface area (Å²) in [6.45, 7) is 8.00. The van der Waals surface area contributed by atoms with Gasteiger partial charge in [0.1, 0.15) is 0 Å². The first-order chi connectivity index (χ1) is 9.45. The van der Waals surface area contributed by atoms with Crippen molar-refractivity contribution in [3.63, 3.8) is 0 Å². The molecule has 19 heavy (non-hydrogen) atoms. The summed E-state index contributed by atoms with van der Waals surface area (Å²) in [6.07, 6.45) is 18.6. The highest BCUT2D eigenvalue weighted by molar-refractivity contribution is 7.13. The van der Waals surface area contributed by atoms with Gasteiger partial charge in [0.15, 0.2) is 0 Å². The third-order valence-electron chi connectivity index (χ3n) is 2.97. The molecule has 0 fully saturated rings. The van der Waals surface area contributed by atoms with Crippen molar-refractivity contribution in [3.05, 3.63) is 39.1 Å². The highest BCUT2D eigenvalue weighted by atomic mass is 32.1. The van der Waals surface area contributed by atoms with Crippen molar-refractivity contribution in [2.24, 2.45) is 0 Å². The smallest absolute Gasteiger partial charge is 0.0348 e. The fraction of sp³-hybridized carbons (Fsp3) is 0.444. The van der Waals surface area contributed by atoms with Crippen molar-refractivity contribution < 1.29 is 0 Å². The van der Waals surface area contributed by atoms with Crippen molar-refractivity contribution in [1.29, 1.82) is 0 Å². The van der Waals surface area contributed by atoms with Gasteiger partial charge in [-0.05, 0) is 42.9 Å². The van der Waals surface area contributed by atoms with E-state index in [9.17, 15) is 0 Å². The van der Waals surface area contributed by atoms with Crippen molar-refractivity contribution in [2.45, 2.75) is 53.4 Å². The van der Waals surface area contributed by atoms with E-state index < -0.39 is 0 Å². The molecule has 0 aromatic carbocycles. The predicted molar refractivity (Wildman–Crippen MR) is 91.7 cm³/mol. The summed E-state index contributed by atoms with van der Waals surface area (Å²) in [6, 6.07) is 0. The second-order valence-corrected chi connectivity index (χ2v) is 5.19. The Morgan fingerprint density at radius 3 is 2.32 bits per heavy atom. The molecule has 0 N–H and O–H groups in total. The van der Waals surface area contributed by atoms with Crippen LogP contribution in [0.15, 0.2) is 18.2 Å². The summed E-state index contributed by atoms with van der Waals surface area (Å²) in [5.41, 5.74) is 2.93. The Morgan fingerprint density at radius 2 is 1.53 bits per heavy atom. The van der Waals surface area contributed by atoms with Gasteiger partial charge in [-0.15, -0.1) is 11.3 Å². The van der Waals surface area contributed by atoms with Gasteiger partial charge in [-0.25, -0.2) is 0 Å². The minimum absolute atomic E-state index is 1.07. The second kappa shape index (κ2) is 8.92. The van der Waals surface area contributed by atoms with E-state index in [0.29, 0.717) is 0 Å². The van der Waals surface area contributed by atoms with Gasteiger partial charge in [-0.3, -0.25) is 0 Å². The second-order valence-electron chi connectivity index (χ2n) is 4.05. The van der Waals surface area contributed by atoms with Gasteiger partial charge in [-0.1, -0.05) is 58.1 Å². The number of hydrogen-bond donors (Lipinski definition) is 0. The van der Waals surface area contributed by atoms with Gasteiger partial charge in [-0.2, -0.15) is 0 Å². The van der Waals surface area contributed by atoms with Crippen LogP contribution in [0.4, 0.5) is 0 Å². The van der Waals surface area contributed by atoms with Crippen LogP contribution in [0.1, 0.15) is 67.8 Å². The number of hydrogen-bond acceptors (Lipinski definition) is 1. The number of allylic oxidation sites excluding steroid dienone is 3. The monoisotopic (exact) mass is 274 g/mol. The molecule has 104 valence electrons. The molecule has 0 aliphatic heterocycles. The number of aryl methyl sites for hydroxylation is 1. The maximum absolute atomic E-state index is 2.32. The first-order valence-electron chi connectivity index (χ1n) is 7.60. The Kier molecular flexibility index (Phi) is 7.50. The SMILES string of the molecule is C1=Cc2sc3c(c2C=CC1)C=CCCC3.CC.CC. The molecule has 0 atom stereocenters. The molecule has 0 spiro atoms. The third kappa shape index (κ3) is 3.94. The van der Waals surface area contributed by atoms with E-state index in [-0.39, 0.29) is 0 Å². The summed E-state index contributed by atoms with van der Waals surface area (Å²) in [5.74, 6) is 0. The molecule has 3 rings (SSSR count). The maximum Gasteiger partial charge on any atom is 0.0348 e. The highest BCUT2D eigenvalue weighted by Crippen LogP contribution is 2.35. The Bertz CT molecular complexity index is 458. The first kappa shape index (κ1) is 16.0.